The number of amides is 3. The topological polar surface area (TPSA) is 192 Å². The van der Waals surface area contributed by atoms with E-state index in [0.717, 1.165) is 32.6 Å². The Bertz CT molecular complexity index is 1270. The predicted octanol–water partition coefficient (Wildman–Crippen LogP) is -2.09. The Morgan fingerprint density at radius 3 is 2.83 bits per heavy atom. The summed E-state index contributed by atoms with van der Waals surface area (Å²) < 4.78 is 1.29. The highest BCUT2D eigenvalue weighted by atomic mass is 32.2. The monoisotopic (exact) mass is 602 g/mol. The molecule has 16 heteroatoms. The van der Waals surface area contributed by atoms with Gasteiger partial charge in [0.25, 0.3) is 0 Å². The first-order valence-electron chi connectivity index (χ1n) is 14.6. The number of carbonyl (C=O) groups excluding carboxylic acids is 3. The summed E-state index contributed by atoms with van der Waals surface area (Å²) in [7, 11) is 0. The number of nitrogens with one attached hydrogen (secondary N) is 2. The van der Waals surface area contributed by atoms with E-state index in [-0.39, 0.29) is 53.2 Å². The van der Waals surface area contributed by atoms with E-state index in [0.29, 0.717) is 36.4 Å². The van der Waals surface area contributed by atoms with E-state index in [1.807, 2.05) is 11.8 Å². The first kappa shape index (κ1) is 29.0. The molecular weight excluding hydrogens is 564 g/mol. The van der Waals surface area contributed by atoms with Crippen molar-refractivity contribution in [2.75, 3.05) is 39.3 Å². The third-order valence-corrected chi connectivity index (χ3v) is 11.0. The van der Waals surface area contributed by atoms with Gasteiger partial charge in [0.05, 0.1) is 18.0 Å². The van der Waals surface area contributed by atoms with Gasteiger partial charge in [0.2, 0.25) is 17.7 Å². The van der Waals surface area contributed by atoms with Gasteiger partial charge in [-0.05, 0) is 42.7 Å². The van der Waals surface area contributed by atoms with Crippen LogP contribution in [0.3, 0.4) is 0 Å². The van der Waals surface area contributed by atoms with Gasteiger partial charge in [-0.2, -0.15) is 0 Å². The summed E-state index contributed by atoms with van der Waals surface area (Å²) in [5.74, 6) is -1.95. The fourth-order valence-electron chi connectivity index (χ4n) is 7.54. The molecule has 5 N–H and O–H groups in total. The molecule has 5 aliphatic heterocycles. The van der Waals surface area contributed by atoms with Crippen molar-refractivity contribution in [3.05, 3.63) is 16.9 Å². The molecule has 0 bridgehead atoms. The highest BCUT2D eigenvalue weighted by molar-refractivity contribution is 8.03. The van der Waals surface area contributed by atoms with Crippen LogP contribution >= 0.6 is 11.8 Å². The van der Waals surface area contributed by atoms with Crippen LogP contribution in [0.25, 0.3) is 0 Å². The minimum absolute atomic E-state index is 0.00209. The Labute approximate surface area is 247 Å². The Morgan fingerprint density at radius 2 is 2.12 bits per heavy atom. The SMILES string of the molecule is CC(NC(=O)Cn1cnnn1)[C@H]1C(=O)N2C(C(=O)O)=C(S[C@@H]3CN[C@H](C(=O)N4CC5CCN(CCN)C5C4)C3)[C@H](C)[C@H]12. The van der Waals surface area contributed by atoms with Crippen LogP contribution in [0.5, 0.6) is 0 Å². The summed E-state index contributed by atoms with van der Waals surface area (Å²) in [5.41, 5.74) is 5.80. The highest BCUT2D eigenvalue weighted by Crippen LogP contribution is 2.52. The number of aromatic nitrogens is 4. The van der Waals surface area contributed by atoms with Crippen LogP contribution in [0, 0.1) is 17.8 Å². The number of aliphatic carboxylic acids is 1. The number of likely N-dealkylation sites (tertiary alicyclic amines) is 2. The van der Waals surface area contributed by atoms with Gasteiger partial charge in [0.15, 0.2) is 0 Å². The van der Waals surface area contributed by atoms with E-state index in [9.17, 15) is 24.3 Å². The Morgan fingerprint density at radius 1 is 1.31 bits per heavy atom. The maximum atomic E-state index is 13.4. The van der Waals surface area contributed by atoms with Gasteiger partial charge in [0, 0.05) is 60.9 Å². The van der Waals surface area contributed by atoms with Crippen molar-refractivity contribution in [2.45, 2.75) is 62.7 Å². The summed E-state index contributed by atoms with van der Waals surface area (Å²) in [6, 6.07) is -0.785. The summed E-state index contributed by atoms with van der Waals surface area (Å²) in [6.07, 6.45) is 3.01. The van der Waals surface area contributed by atoms with Crippen LogP contribution in [-0.2, 0) is 25.7 Å². The van der Waals surface area contributed by atoms with Crippen LogP contribution in [0.15, 0.2) is 16.9 Å². The van der Waals surface area contributed by atoms with E-state index >= 15 is 0 Å². The number of β-lactam (4-membered cyclic amide) rings is 1. The molecule has 1 aromatic heterocycles. The molecule has 0 aliphatic carbocycles. The zero-order chi connectivity index (χ0) is 29.7. The maximum absolute atomic E-state index is 13.4. The van der Waals surface area contributed by atoms with Gasteiger partial charge in [-0.15, -0.1) is 16.9 Å². The number of carbonyl (C=O) groups is 4. The molecule has 42 heavy (non-hydrogen) atoms. The number of hydrogen-bond donors (Lipinski definition) is 4. The number of tetrazole rings is 1. The van der Waals surface area contributed by atoms with Crippen LogP contribution in [0.2, 0.25) is 0 Å². The molecular formula is C26H38N10O5S. The summed E-state index contributed by atoms with van der Waals surface area (Å²) in [5, 5.41) is 27.0. The number of nitrogens with two attached hydrogens (primary N) is 1. The fraction of sp³-hybridized carbons (Fsp3) is 0.731. The van der Waals surface area contributed by atoms with Crippen LogP contribution in [0.4, 0.5) is 0 Å². The van der Waals surface area contributed by atoms with Crippen LogP contribution in [-0.4, -0.2) is 132 Å². The molecule has 5 aliphatic rings. The second-order valence-electron chi connectivity index (χ2n) is 12.0. The van der Waals surface area contributed by atoms with E-state index < -0.39 is 17.9 Å². The molecule has 3 unspecified atom stereocenters. The molecule has 4 saturated heterocycles. The zero-order valence-electron chi connectivity index (χ0n) is 23.8. The van der Waals surface area contributed by atoms with Gasteiger partial charge in [-0.3, -0.25) is 19.3 Å². The molecule has 0 spiro atoms. The van der Waals surface area contributed by atoms with E-state index in [4.69, 9.17) is 5.73 Å². The number of hydrogen-bond acceptors (Lipinski definition) is 11. The third-order valence-electron chi connectivity index (χ3n) is 9.49. The third kappa shape index (κ3) is 5.07. The van der Waals surface area contributed by atoms with Crippen molar-refractivity contribution in [3.8, 4) is 0 Å². The first-order valence-corrected chi connectivity index (χ1v) is 15.5. The summed E-state index contributed by atoms with van der Waals surface area (Å²) in [6.45, 7) is 8.22. The lowest BCUT2D eigenvalue weighted by molar-refractivity contribution is -0.158. The van der Waals surface area contributed by atoms with Gasteiger partial charge in [0.1, 0.15) is 18.6 Å². The minimum Gasteiger partial charge on any atom is -0.477 e. The first-order chi connectivity index (χ1) is 20.2. The Hall–Kier alpha value is -3.08. The number of rotatable bonds is 10. The predicted molar refractivity (Wildman–Crippen MR) is 150 cm³/mol. The second-order valence-corrected chi connectivity index (χ2v) is 13.4. The normalized spacial score (nSPS) is 33.1. The van der Waals surface area contributed by atoms with Crippen molar-refractivity contribution in [1.29, 1.82) is 0 Å². The van der Waals surface area contributed by atoms with Gasteiger partial charge in [-0.1, -0.05) is 6.92 Å². The molecule has 0 aromatic carbocycles. The second kappa shape index (κ2) is 11.5. The zero-order valence-corrected chi connectivity index (χ0v) is 24.6. The van der Waals surface area contributed by atoms with E-state index in [2.05, 4.69) is 31.1 Å². The summed E-state index contributed by atoms with van der Waals surface area (Å²) >= 11 is 1.46. The quantitative estimate of drug-likeness (QED) is 0.214. The standard InChI is InChI=1S/C26H38N10O5S/c1-13-21-20(14(2)30-19(37)11-35-12-29-31-32-35)25(39)36(21)22(26(40)41)23(13)42-16-7-17(28-8-16)24(38)34-9-15-3-5-33(6-4-27)18(15)10-34/h12-18,20-21,28H,3-11,27H2,1-2H3,(H,30,37)(H,40,41)/t13-,14?,15?,16+,17+,18?,20-,21-/m1/s1. The van der Waals surface area contributed by atoms with E-state index in [1.54, 1.807) is 6.92 Å². The number of thioether (sulfide) groups is 1. The number of carboxylic acid groups (broad SMARTS) is 1. The number of nitrogens with zero attached hydrogens (tertiary/aromatic N) is 7. The van der Waals surface area contributed by atoms with E-state index in [1.165, 1.54) is 27.7 Å². The molecule has 4 fully saturated rings. The average Bonchev–Trinajstić information content (AvgIpc) is 3.76. The molecule has 15 nitrogen and oxygen atoms in total. The average molecular weight is 603 g/mol. The molecule has 0 radical (unpaired) electrons. The lowest BCUT2D eigenvalue weighted by atomic mass is 9.78. The van der Waals surface area contributed by atoms with Gasteiger partial charge >= 0.3 is 5.97 Å². The van der Waals surface area contributed by atoms with Crippen LogP contribution < -0.4 is 16.4 Å². The van der Waals surface area contributed by atoms with Gasteiger partial charge < -0.3 is 31.3 Å². The smallest absolute Gasteiger partial charge is 0.353 e. The maximum Gasteiger partial charge on any atom is 0.353 e. The van der Waals surface area contributed by atoms with Crippen molar-refractivity contribution in [3.63, 3.8) is 0 Å². The van der Waals surface area contributed by atoms with Crippen molar-refractivity contribution >= 4 is 35.5 Å². The molecule has 3 amide bonds. The highest BCUT2D eigenvalue weighted by Gasteiger charge is 2.60. The number of carboxylic acids is 1. The summed E-state index contributed by atoms with van der Waals surface area (Å²) in [4.78, 5) is 57.9. The molecule has 6 rings (SSSR count). The largest absolute Gasteiger partial charge is 0.477 e. The number of fused-ring (bicyclic) bond motifs is 2. The lowest BCUT2D eigenvalue weighted by Gasteiger charge is -2.47. The molecule has 1 aromatic rings. The van der Waals surface area contributed by atoms with Crippen molar-refractivity contribution in [2.24, 2.45) is 23.5 Å². The van der Waals surface area contributed by atoms with Crippen LogP contribution in [0.1, 0.15) is 26.7 Å². The molecule has 8 atom stereocenters. The Kier molecular flexibility index (Phi) is 7.97. The lowest BCUT2D eigenvalue weighted by Crippen LogP contribution is -2.66. The fourth-order valence-corrected chi connectivity index (χ4v) is 9.02. The van der Waals surface area contributed by atoms with Crippen molar-refractivity contribution < 1.29 is 24.3 Å². The molecule has 228 valence electrons. The molecule has 6 heterocycles. The Balaban J connectivity index is 1.07. The van der Waals surface area contributed by atoms with Gasteiger partial charge in [-0.25, -0.2) is 9.48 Å². The van der Waals surface area contributed by atoms with Crippen molar-refractivity contribution in [1.82, 2.24) is 45.5 Å². The molecule has 0 saturated carbocycles. The minimum atomic E-state index is -1.14.